The molecule has 3 aromatic carbocycles. The van der Waals surface area contributed by atoms with Gasteiger partial charge in [-0.05, 0) is 28.8 Å². The molecule has 9 heteroatoms. The van der Waals surface area contributed by atoms with Crippen molar-refractivity contribution in [2.45, 2.75) is 12.1 Å². The molecule has 0 bridgehead atoms. The number of thiazole rings is 1. The van der Waals surface area contributed by atoms with E-state index in [2.05, 4.69) is 80.5 Å². The highest BCUT2D eigenvalue weighted by Crippen LogP contribution is 2.42. The Morgan fingerprint density at radius 1 is 0.744 bits per heavy atom. The quantitative estimate of drug-likeness (QED) is 0.296. The van der Waals surface area contributed by atoms with Crippen LogP contribution >= 0.6 is 11.3 Å². The Balaban J connectivity index is 1.34. The van der Waals surface area contributed by atoms with Gasteiger partial charge in [0, 0.05) is 26.2 Å². The number of piperazine rings is 1. The van der Waals surface area contributed by atoms with E-state index >= 15 is 0 Å². The third-order valence-corrected chi connectivity index (χ3v) is 8.51. The molecule has 1 saturated heterocycles. The van der Waals surface area contributed by atoms with Crippen molar-refractivity contribution >= 4 is 16.3 Å². The van der Waals surface area contributed by atoms with E-state index in [1.807, 2.05) is 18.2 Å². The minimum Gasteiger partial charge on any atom is -0.493 e. The van der Waals surface area contributed by atoms with Crippen LogP contribution in [0.1, 0.15) is 33.7 Å². The van der Waals surface area contributed by atoms with Crippen LogP contribution in [-0.4, -0.2) is 69.9 Å². The fourth-order valence-corrected chi connectivity index (χ4v) is 6.65. The molecule has 1 fully saturated rings. The standard InChI is InChI=1S/C30H31N5O3S/c1-37-24-14-13-23(19-25(24)38-2)27(28-29(36)35-30(39-28)31-20-32-35)34-17-15-33(16-18-34)26(21-9-5-3-6-10-21)22-11-7-4-8-12-22/h3-14,19-20,26-27,36H,15-18H2,1-2H3/t27-/m0/s1. The lowest BCUT2D eigenvalue weighted by molar-refractivity contribution is 0.0898. The SMILES string of the molecule is COc1ccc([C@@H](c2sc3ncnn3c2O)N2CCN(C(c3ccccc3)c3ccccc3)CC2)cc1OC. The van der Waals surface area contributed by atoms with Gasteiger partial charge in [-0.15, -0.1) is 0 Å². The van der Waals surface area contributed by atoms with E-state index in [4.69, 9.17) is 9.47 Å². The lowest BCUT2D eigenvalue weighted by Gasteiger charge is -2.42. The van der Waals surface area contributed by atoms with Crippen molar-refractivity contribution in [1.29, 1.82) is 0 Å². The molecular weight excluding hydrogens is 510 g/mol. The van der Waals surface area contributed by atoms with Crippen LogP contribution in [0.2, 0.25) is 0 Å². The first-order valence-electron chi connectivity index (χ1n) is 13.0. The van der Waals surface area contributed by atoms with Crippen LogP contribution in [0.5, 0.6) is 17.4 Å². The molecule has 2 aromatic heterocycles. The first kappa shape index (κ1) is 25.4. The highest BCUT2D eigenvalue weighted by Gasteiger charge is 2.34. The third-order valence-electron chi connectivity index (χ3n) is 7.42. The zero-order valence-corrected chi connectivity index (χ0v) is 22.8. The van der Waals surface area contributed by atoms with Gasteiger partial charge in [-0.3, -0.25) is 9.80 Å². The number of hydrogen-bond donors (Lipinski definition) is 1. The van der Waals surface area contributed by atoms with Crippen molar-refractivity contribution in [2.75, 3.05) is 40.4 Å². The summed E-state index contributed by atoms with van der Waals surface area (Å²) in [7, 11) is 3.28. The maximum atomic E-state index is 11.2. The van der Waals surface area contributed by atoms with E-state index in [9.17, 15) is 5.11 Å². The average molecular weight is 542 g/mol. The van der Waals surface area contributed by atoms with Crippen LogP contribution in [0, 0.1) is 0 Å². The van der Waals surface area contributed by atoms with Crippen molar-refractivity contribution < 1.29 is 14.6 Å². The molecule has 1 aliphatic heterocycles. The predicted molar refractivity (Wildman–Crippen MR) is 152 cm³/mol. The molecule has 39 heavy (non-hydrogen) atoms. The van der Waals surface area contributed by atoms with E-state index in [0.29, 0.717) is 16.5 Å². The Bertz CT molecular complexity index is 1490. The Morgan fingerprint density at radius 3 is 1.90 bits per heavy atom. The van der Waals surface area contributed by atoms with Crippen molar-refractivity contribution in [1.82, 2.24) is 24.4 Å². The van der Waals surface area contributed by atoms with Crippen LogP contribution in [0.25, 0.3) is 4.96 Å². The summed E-state index contributed by atoms with van der Waals surface area (Å²) in [6, 6.07) is 27.4. The van der Waals surface area contributed by atoms with Crippen LogP contribution in [0.4, 0.5) is 0 Å². The van der Waals surface area contributed by atoms with E-state index in [-0.39, 0.29) is 18.0 Å². The van der Waals surface area contributed by atoms with Gasteiger partial charge < -0.3 is 14.6 Å². The second kappa shape index (κ2) is 11.1. The smallest absolute Gasteiger partial charge is 0.230 e. The van der Waals surface area contributed by atoms with E-state index in [0.717, 1.165) is 36.6 Å². The largest absolute Gasteiger partial charge is 0.493 e. The molecule has 0 saturated carbocycles. The van der Waals surface area contributed by atoms with Gasteiger partial charge in [0.1, 0.15) is 6.33 Å². The maximum Gasteiger partial charge on any atom is 0.230 e. The second-order valence-electron chi connectivity index (χ2n) is 9.56. The molecule has 0 aliphatic carbocycles. The van der Waals surface area contributed by atoms with Gasteiger partial charge in [0.2, 0.25) is 10.8 Å². The summed E-state index contributed by atoms with van der Waals surface area (Å²) in [5.41, 5.74) is 3.59. The number of benzene rings is 3. The van der Waals surface area contributed by atoms with Gasteiger partial charge in [0.05, 0.1) is 31.2 Å². The van der Waals surface area contributed by atoms with Crippen molar-refractivity contribution in [3.8, 4) is 17.4 Å². The van der Waals surface area contributed by atoms with E-state index < -0.39 is 0 Å². The monoisotopic (exact) mass is 541 g/mol. The Labute approximate surface area is 231 Å². The van der Waals surface area contributed by atoms with Crippen molar-refractivity contribution in [3.05, 3.63) is 107 Å². The fourth-order valence-electron chi connectivity index (χ4n) is 5.56. The molecule has 200 valence electrons. The molecule has 1 aliphatic rings. The molecule has 0 unspecified atom stereocenters. The van der Waals surface area contributed by atoms with Crippen LogP contribution in [0.3, 0.4) is 0 Å². The summed E-state index contributed by atoms with van der Waals surface area (Å²) in [5, 5.41) is 15.4. The second-order valence-corrected chi connectivity index (χ2v) is 10.6. The fraction of sp³-hybridized carbons (Fsp3) is 0.267. The summed E-state index contributed by atoms with van der Waals surface area (Å²) >= 11 is 1.46. The van der Waals surface area contributed by atoms with Crippen LogP contribution < -0.4 is 9.47 Å². The van der Waals surface area contributed by atoms with E-state index in [1.54, 1.807) is 14.2 Å². The molecule has 5 aromatic rings. The van der Waals surface area contributed by atoms with Crippen LogP contribution in [0.15, 0.2) is 85.2 Å². The molecule has 0 spiro atoms. The van der Waals surface area contributed by atoms with Crippen molar-refractivity contribution in [3.63, 3.8) is 0 Å². The Morgan fingerprint density at radius 2 is 1.33 bits per heavy atom. The highest BCUT2D eigenvalue weighted by atomic mass is 32.1. The number of hydrogen-bond acceptors (Lipinski definition) is 8. The lowest BCUT2D eigenvalue weighted by Crippen LogP contribution is -2.49. The summed E-state index contributed by atoms with van der Waals surface area (Å²) in [6.45, 7) is 3.39. The number of aromatic hydroxyl groups is 1. The lowest BCUT2D eigenvalue weighted by atomic mass is 9.96. The highest BCUT2D eigenvalue weighted by molar-refractivity contribution is 7.17. The first-order chi connectivity index (χ1) is 19.2. The molecule has 1 atom stereocenters. The first-order valence-corrected chi connectivity index (χ1v) is 13.8. The van der Waals surface area contributed by atoms with E-state index in [1.165, 1.54) is 33.3 Å². The number of fused-ring (bicyclic) bond motifs is 1. The molecule has 0 amide bonds. The van der Waals surface area contributed by atoms with Gasteiger partial charge in [-0.2, -0.15) is 9.61 Å². The minimum absolute atomic E-state index is 0.126. The number of ether oxygens (including phenoxy) is 2. The summed E-state index contributed by atoms with van der Waals surface area (Å²) in [4.78, 5) is 10.8. The number of rotatable bonds is 8. The minimum atomic E-state index is -0.188. The molecule has 8 nitrogen and oxygen atoms in total. The topological polar surface area (TPSA) is 75.4 Å². The van der Waals surface area contributed by atoms with Gasteiger partial charge in [0.25, 0.3) is 0 Å². The Hall–Kier alpha value is -3.92. The zero-order chi connectivity index (χ0) is 26.8. The van der Waals surface area contributed by atoms with Gasteiger partial charge in [0.15, 0.2) is 11.5 Å². The molecule has 6 rings (SSSR count). The summed E-state index contributed by atoms with van der Waals surface area (Å²) < 4.78 is 12.6. The van der Waals surface area contributed by atoms with Gasteiger partial charge >= 0.3 is 0 Å². The molecule has 3 heterocycles. The number of aromatic nitrogens is 3. The molecular formula is C30H31N5O3S. The Kier molecular flexibility index (Phi) is 7.19. The number of nitrogens with zero attached hydrogens (tertiary/aromatic N) is 5. The van der Waals surface area contributed by atoms with Gasteiger partial charge in [-0.25, -0.2) is 4.98 Å². The zero-order valence-electron chi connectivity index (χ0n) is 22.0. The average Bonchev–Trinajstić information content (AvgIpc) is 3.58. The summed E-state index contributed by atoms with van der Waals surface area (Å²) in [6.07, 6.45) is 1.47. The molecule has 0 radical (unpaired) electrons. The van der Waals surface area contributed by atoms with Crippen molar-refractivity contribution in [2.24, 2.45) is 0 Å². The summed E-state index contributed by atoms with van der Waals surface area (Å²) in [5.74, 6) is 1.46. The maximum absolute atomic E-state index is 11.2. The normalized spacial score (nSPS) is 15.6. The predicted octanol–water partition coefficient (Wildman–Crippen LogP) is 5.01. The molecule has 1 N–H and O–H groups in total. The number of methoxy groups -OCH3 is 2. The van der Waals surface area contributed by atoms with Gasteiger partial charge in [-0.1, -0.05) is 78.1 Å². The third kappa shape index (κ3) is 4.85. The van der Waals surface area contributed by atoms with Crippen LogP contribution in [-0.2, 0) is 0 Å².